The number of nitrogens with one attached hydrogen (secondary N) is 2. The molecule has 3 N–H and O–H groups in total. The number of carbonyl (C=O) groups is 2. The number of carbonyl (C=O) groups excluding carboxylic acids is 1. The van der Waals surface area contributed by atoms with E-state index in [9.17, 15) is 9.59 Å². The molecule has 0 fully saturated rings. The Morgan fingerprint density at radius 2 is 1.72 bits per heavy atom. The maximum Gasteiger partial charge on any atom is 0.311 e. The number of hydrogen-bond acceptors (Lipinski definition) is 3. The van der Waals surface area contributed by atoms with Gasteiger partial charge in [-0.1, -0.05) is 6.92 Å². The fourth-order valence-electron chi connectivity index (χ4n) is 1.28. The van der Waals surface area contributed by atoms with Gasteiger partial charge in [-0.05, 0) is 34.1 Å². The predicted octanol–water partition coefficient (Wildman–Crippen LogP) is 1.38. The molecule has 0 radical (unpaired) electrons. The van der Waals surface area contributed by atoms with Crippen LogP contribution in [0.4, 0.5) is 0 Å². The van der Waals surface area contributed by atoms with Crippen LogP contribution in [0.25, 0.3) is 0 Å². The molecule has 0 aromatic carbocycles. The minimum Gasteiger partial charge on any atom is -0.481 e. The lowest BCUT2D eigenvalue weighted by molar-refractivity contribution is -0.148. The average Bonchev–Trinajstić information content (AvgIpc) is 2.23. The average molecular weight is 258 g/mol. The molecule has 5 heteroatoms. The molecule has 0 aliphatic heterocycles. The summed E-state index contributed by atoms with van der Waals surface area (Å²) in [7, 11) is 0. The van der Waals surface area contributed by atoms with Crippen LogP contribution in [0.1, 0.15) is 47.5 Å². The number of hydrogen-bond donors (Lipinski definition) is 3. The van der Waals surface area contributed by atoms with Crippen LogP contribution in [0.2, 0.25) is 0 Å². The molecule has 0 saturated heterocycles. The number of carboxylic acids is 1. The van der Waals surface area contributed by atoms with Gasteiger partial charge in [0.2, 0.25) is 5.91 Å². The Bertz CT molecular complexity index is 297. The zero-order chi connectivity index (χ0) is 14.4. The van der Waals surface area contributed by atoms with Crippen molar-refractivity contribution >= 4 is 11.9 Å². The summed E-state index contributed by atoms with van der Waals surface area (Å²) in [6.07, 6.45) is 0.847. The minimum atomic E-state index is -0.882. The highest BCUT2D eigenvalue weighted by atomic mass is 16.4. The molecular formula is C13H26N2O3. The highest BCUT2D eigenvalue weighted by Gasteiger charge is 2.31. The largest absolute Gasteiger partial charge is 0.481 e. The van der Waals surface area contributed by atoms with Crippen LogP contribution in [0.3, 0.4) is 0 Å². The van der Waals surface area contributed by atoms with Gasteiger partial charge in [-0.3, -0.25) is 9.59 Å². The summed E-state index contributed by atoms with van der Waals surface area (Å²) in [4.78, 5) is 22.6. The number of aliphatic carboxylic acids is 1. The Labute approximate surface area is 109 Å². The second kappa shape index (κ2) is 6.73. The van der Waals surface area contributed by atoms with Crippen molar-refractivity contribution in [3.8, 4) is 0 Å². The Hall–Kier alpha value is -1.10. The van der Waals surface area contributed by atoms with Crippen LogP contribution in [-0.4, -0.2) is 35.6 Å². The molecule has 0 aliphatic carbocycles. The summed E-state index contributed by atoms with van der Waals surface area (Å²) in [5.41, 5.74) is -0.896. The van der Waals surface area contributed by atoms with Crippen LogP contribution in [0.5, 0.6) is 0 Å². The van der Waals surface area contributed by atoms with E-state index in [1.807, 2.05) is 20.8 Å². The number of amides is 1. The van der Waals surface area contributed by atoms with E-state index in [0.29, 0.717) is 19.4 Å². The topological polar surface area (TPSA) is 78.4 Å². The molecule has 0 aliphatic rings. The molecular weight excluding hydrogens is 232 g/mol. The SMILES string of the molecule is CCC(C)(CNC(=O)CCNC(C)(C)C)C(=O)O. The van der Waals surface area contributed by atoms with E-state index in [1.54, 1.807) is 13.8 Å². The van der Waals surface area contributed by atoms with Crippen LogP contribution in [0.15, 0.2) is 0 Å². The van der Waals surface area contributed by atoms with Crippen molar-refractivity contribution < 1.29 is 14.7 Å². The molecule has 0 rings (SSSR count). The first-order chi connectivity index (χ1) is 8.10. The number of carboxylic acid groups (broad SMARTS) is 1. The maximum atomic E-state index is 11.6. The fourth-order valence-corrected chi connectivity index (χ4v) is 1.28. The summed E-state index contributed by atoms with van der Waals surface area (Å²) < 4.78 is 0. The molecule has 1 atom stereocenters. The van der Waals surface area contributed by atoms with Crippen LogP contribution in [-0.2, 0) is 9.59 Å². The van der Waals surface area contributed by atoms with Gasteiger partial charge >= 0.3 is 5.97 Å². The molecule has 106 valence electrons. The lowest BCUT2D eigenvalue weighted by Crippen LogP contribution is -2.42. The molecule has 0 saturated carbocycles. The van der Waals surface area contributed by atoms with Crippen molar-refractivity contribution in [2.24, 2.45) is 5.41 Å². The van der Waals surface area contributed by atoms with Gasteiger partial charge in [0.05, 0.1) is 5.41 Å². The first-order valence-corrected chi connectivity index (χ1v) is 6.36. The van der Waals surface area contributed by atoms with E-state index in [4.69, 9.17) is 5.11 Å². The van der Waals surface area contributed by atoms with Gasteiger partial charge in [0.15, 0.2) is 0 Å². The van der Waals surface area contributed by atoms with Crippen molar-refractivity contribution in [3.63, 3.8) is 0 Å². The van der Waals surface area contributed by atoms with Crippen molar-refractivity contribution in [3.05, 3.63) is 0 Å². The molecule has 0 bridgehead atoms. The van der Waals surface area contributed by atoms with E-state index in [-0.39, 0.29) is 18.0 Å². The highest BCUT2D eigenvalue weighted by Crippen LogP contribution is 2.19. The van der Waals surface area contributed by atoms with Crippen molar-refractivity contribution in [1.29, 1.82) is 0 Å². The van der Waals surface area contributed by atoms with Gasteiger partial charge < -0.3 is 15.7 Å². The van der Waals surface area contributed by atoms with Crippen molar-refractivity contribution in [1.82, 2.24) is 10.6 Å². The third-order valence-electron chi connectivity index (χ3n) is 2.98. The zero-order valence-corrected chi connectivity index (χ0v) is 12.1. The molecule has 0 heterocycles. The van der Waals surface area contributed by atoms with Gasteiger partial charge in [0.1, 0.15) is 0 Å². The fraction of sp³-hybridized carbons (Fsp3) is 0.846. The lowest BCUT2D eigenvalue weighted by Gasteiger charge is -2.24. The van der Waals surface area contributed by atoms with E-state index < -0.39 is 11.4 Å². The Morgan fingerprint density at radius 1 is 1.17 bits per heavy atom. The lowest BCUT2D eigenvalue weighted by atomic mass is 9.88. The van der Waals surface area contributed by atoms with Crippen molar-refractivity contribution in [2.75, 3.05) is 13.1 Å². The Balaban J connectivity index is 4.00. The first-order valence-electron chi connectivity index (χ1n) is 6.36. The van der Waals surface area contributed by atoms with Crippen molar-refractivity contribution in [2.45, 2.75) is 53.0 Å². The summed E-state index contributed by atoms with van der Waals surface area (Å²) in [5, 5.41) is 15.0. The molecule has 0 spiro atoms. The Morgan fingerprint density at radius 3 is 2.11 bits per heavy atom. The quantitative estimate of drug-likeness (QED) is 0.644. The van der Waals surface area contributed by atoms with E-state index >= 15 is 0 Å². The third kappa shape index (κ3) is 6.59. The number of rotatable bonds is 7. The van der Waals surface area contributed by atoms with Gasteiger partial charge in [0.25, 0.3) is 0 Å². The molecule has 18 heavy (non-hydrogen) atoms. The van der Waals surface area contributed by atoms with Gasteiger partial charge in [0, 0.05) is 25.0 Å². The minimum absolute atomic E-state index is 0.0146. The standard InChI is InChI=1S/C13H26N2O3/c1-6-13(5,11(17)18)9-14-10(16)7-8-15-12(2,3)4/h15H,6-9H2,1-5H3,(H,14,16)(H,17,18). The summed E-state index contributed by atoms with van der Waals surface area (Å²) >= 11 is 0. The van der Waals surface area contributed by atoms with Crippen LogP contribution < -0.4 is 10.6 Å². The van der Waals surface area contributed by atoms with Gasteiger partial charge in [-0.25, -0.2) is 0 Å². The normalized spacial score (nSPS) is 14.9. The smallest absolute Gasteiger partial charge is 0.311 e. The van der Waals surface area contributed by atoms with E-state index in [1.165, 1.54) is 0 Å². The zero-order valence-electron chi connectivity index (χ0n) is 12.1. The second-order valence-corrected chi connectivity index (χ2v) is 5.92. The first kappa shape index (κ1) is 16.9. The molecule has 1 amide bonds. The molecule has 5 nitrogen and oxygen atoms in total. The van der Waals surface area contributed by atoms with E-state index in [2.05, 4.69) is 10.6 Å². The third-order valence-corrected chi connectivity index (χ3v) is 2.98. The van der Waals surface area contributed by atoms with Crippen LogP contribution >= 0.6 is 0 Å². The molecule has 1 unspecified atom stereocenters. The summed E-state index contributed by atoms with van der Waals surface area (Å²) in [6.45, 7) is 10.3. The van der Waals surface area contributed by atoms with Crippen LogP contribution in [0, 0.1) is 5.41 Å². The molecule has 0 aromatic heterocycles. The molecule has 0 aromatic rings. The summed E-state index contributed by atoms with van der Waals surface area (Å²) in [5.74, 6) is -0.995. The van der Waals surface area contributed by atoms with Gasteiger partial charge in [-0.15, -0.1) is 0 Å². The second-order valence-electron chi connectivity index (χ2n) is 5.92. The van der Waals surface area contributed by atoms with Gasteiger partial charge in [-0.2, -0.15) is 0 Å². The highest BCUT2D eigenvalue weighted by molar-refractivity contribution is 5.78. The monoisotopic (exact) mass is 258 g/mol. The maximum absolute atomic E-state index is 11.6. The summed E-state index contributed by atoms with van der Waals surface area (Å²) in [6, 6.07) is 0. The predicted molar refractivity (Wildman–Crippen MR) is 71.4 cm³/mol. The Kier molecular flexibility index (Phi) is 6.32. The van der Waals surface area contributed by atoms with E-state index in [0.717, 1.165) is 0 Å².